The summed E-state index contributed by atoms with van der Waals surface area (Å²) in [5.74, 6) is -0.963. The minimum Gasteiger partial charge on any atom is -0.462 e. The second-order valence-electron chi connectivity index (χ2n) is 22.0. The SMILES string of the molecule is CC/C=C\C/C=C\C/C=C\C/C=C\C/C=C\CCCC(=O)OC(COC(=O)CCCCCCC/C=C\CCCCCCCC)COC(=O)CCCCCCCCCCCCCCCC/C=C\C/C=C\C/C=C\CCCCCCC. The highest BCUT2D eigenvalue weighted by Gasteiger charge is 2.19. The average Bonchev–Trinajstić information content (AvgIpc) is 3.45. The zero-order chi connectivity index (χ0) is 57.1. The molecule has 0 amide bonds. The van der Waals surface area contributed by atoms with E-state index >= 15 is 0 Å². The van der Waals surface area contributed by atoms with E-state index in [0.29, 0.717) is 19.3 Å². The molecule has 0 N–H and O–H groups in total. The third-order valence-electron chi connectivity index (χ3n) is 14.2. The van der Waals surface area contributed by atoms with Crippen LogP contribution in [0.4, 0.5) is 0 Å². The van der Waals surface area contributed by atoms with Crippen LogP contribution in [0.3, 0.4) is 0 Å². The van der Waals surface area contributed by atoms with Gasteiger partial charge in [-0.25, -0.2) is 0 Å². The van der Waals surface area contributed by atoms with Crippen LogP contribution in [0.1, 0.15) is 316 Å². The predicted molar refractivity (Wildman–Crippen MR) is 343 cm³/mol. The molecule has 0 bridgehead atoms. The Balaban J connectivity index is 4.33. The number of carbonyl (C=O) groups excluding carboxylic acids is 3. The molecule has 0 saturated heterocycles. The van der Waals surface area contributed by atoms with Crippen molar-refractivity contribution in [1.82, 2.24) is 0 Å². The molecule has 1 atom stereocenters. The second-order valence-corrected chi connectivity index (χ2v) is 22.0. The number of hydrogen-bond donors (Lipinski definition) is 0. The maximum atomic E-state index is 12.9. The molecule has 0 fully saturated rings. The number of ether oxygens (including phenoxy) is 3. The molecule has 6 nitrogen and oxygen atoms in total. The Kier molecular flexibility index (Phi) is 63.3. The van der Waals surface area contributed by atoms with Crippen LogP contribution in [0.15, 0.2) is 109 Å². The highest BCUT2D eigenvalue weighted by atomic mass is 16.6. The van der Waals surface area contributed by atoms with Gasteiger partial charge >= 0.3 is 17.9 Å². The summed E-state index contributed by atoms with van der Waals surface area (Å²) in [5, 5.41) is 0. The number of carbonyl (C=O) groups is 3. The number of rotatable bonds is 60. The van der Waals surface area contributed by atoms with Gasteiger partial charge in [-0.3, -0.25) is 14.4 Å². The van der Waals surface area contributed by atoms with Crippen molar-refractivity contribution in [2.45, 2.75) is 322 Å². The lowest BCUT2D eigenvalue weighted by molar-refractivity contribution is -0.167. The van der Waals surface area contributed by atoms with Crippen molar-refractivity contribution in [3.8, 4) is 0 Å². The van der Waals surface area contributed by atoms with E-state index in [0.717, 1.165) is 103 Å². The fourth-order valence-corrected chi connectivity index (χ4v) is 9.25. The molecule has 0 aliphatic carbocycles. The van der Waals surface area contributed by atoms with Gasteiger partial charge in [0, 0.05) is 19.3 Å². The molecule has 1 unspecified atom stereocenters. The van der Waals surface area contributed by atoms with Gasteiger partial charge in [0.05, 0.1) is 0 Å². The van der Waals surface area contributed by atoms with Gasteiger partial charge in [0.15, 0.2) is 6.10 Å². The summed E-state index contributed by atoms with van der Waals surface area (Å²) < 4.78 is 16.9. The Labute approximate surface area is 489 Å². The minimum absolute atomic E-state index is 0.103. The van der Waals surface area contributed by atoms with Crippen LogP contribution < -0.4 is 0 Å². The third kappa shape index (κ3) is 64.8. The summed E-state index contributed by atoms with van der Waals surface area (Å²) in [4.78, 5) is 38.3. The van der Waals surface area contributed by atoms with Gasteiger partial charge in [0.25, 0.3) is 0 Å². The van der Waals surface area contributed by atoms with Crippen molar-refractivity contribution >= 4 is 17.9 Å². The average molecular weight is 1100 g/mol. The predicted octanol–water partition coefficient (Wildman–Crippen LogP) is 23.0. The van der Waals surface area contributed by atoms with Crippen LogP contribution >= 0.6 is 0 Å². The van der Waals surface area contributed by atoms with E-state index in [9.17, 15) is 14.4 Å². The summed E-state index contributed by atoms with van der Waals surface area (Å²) in [7, 11) is 0. The van der Waals surface area contributed by atoms with E-state index in [-0.39, 0.29) is 37.5 Å². The van der Waals surface area contributed by atoms with Crippen molar-refractivity contribution in [3.05, 3.63) is 109 Å². The van der Waals surface area contributed by atoms with E-state index in [1.807, 2.05) is 0 Å². The maximum Gasteiger partial charge on any atom is 0.306 e. The summed E-state index contributed by atoms with van der Waals surface area (Å²) in [6.45, 7) is 6.48. The lowest BCUT2D eigenvalue weighted by Crippen LogP contribution is -2.30. The Bertz CT molecular complexity index is 1590. The van der Waals surface area contributed by atoms with Crippen molar-refractivity contribution in [2.24, 2.45) is 0 Å². The molecule has 0 radical (unpaired) electrons. The topological polar surface area (TPSA) is 78.9 Å². The smallest absolute Gasteiger partial charge is 0.306 e. The Morgan fingerprint density at radius 3 is 0.823 bits per heavy atom. The number of unbranched alkanes of at least 4 members (excludes halogenated alkanes) is 31. The largest absolute Gasteiger partial charge is 0.462 e. The normalized spacial score (nSPS) is 12.8. The van der Waals surface area contributed by atoms with Gasteiger partial charge in [-0.1, -0.05) is 284 Å². The Hall–Kier alpha value is -3.93. The molecule has 0 aromatic heterocycles. The van der Waals surface area contributed by atoms with Crippen LogP contribution in [0.25, 0.3) is 0 Å². The van der Waals surface area contributed by atoms with Gasteiger partial charge < -0.3 is 14.2 Å². The van der Waals surface area contributed by atoms with E-state index in [1.165, 1.54) is 167 Å². The molecule has 0 aliphatic heterocycles. The third-order valence-corrected chi connectivity index (χ3v) is 14.2. The van der Waals surface area contributed by atoms with E-state index in [4.69, 9.17) is 14.2 Å². The zero-order valence-corrected chi connectivity index (χ0v) is 51.9. The molecule has 0 spiro atoms. The lowest BCUT2D eigenvalue weighted by Gasteiger charge is -2.18. The summed E-state index contributed by atoms with van der Waals surface area (Å²) in [6.07, 6.45) is 91.1. The monoisotopic (exact) mass is 1100 g/mol. The first-order valence-corrected chi connectivity index (χ1v) is 33.4. The molecule has 79 heavy (non-hydrogen) atoms. The van der Waals surface area contributed by atoms with E-state index < -0.39 is 6.10 Å². The minimum atomic E-state index is -0.814. The van der Waals surface area contributed by atoms with Crippen molar-refractivity contribution < 1.29 is 28.6 Å². The quantitative estimate of drug-likeness (QED) is 0.0261. The maximum absolute atomic E-state index is 12.9. The molecule has 0 aliphatic rings. The zero-order valence-electron chi connectivity index (χ0n) is 51.9. The first-order valence-electron chi connectivity index (χ1n) is 33.4. The standard InChI is InChI=1S/C73H124O6/c1-4-7-10-13-16-19-22-25-28-30-31-32-33-34-35-36-37-38-39-40-41-43-45-48-51-54-57-60-63-66-72(75)78-69-70(68-77-71(74)65-62-59-56-53-50-47-44-27-24-21-18-15-12-9-6-3)79-73(76)67-64-61-58-55-52-49-46-42-29-26-23-20-17-14-11-8-5-2/h8,11,17,20,22,25-27,29-31,33-34,44,46,49,55,58,70H,4-7,9-10,12-16,18-19,21,23-24,28,32,35-43,45,47-48,50-54,56-57,59-69H2,1-3H3/b11-8-,20-17-,25-22-,29-26-,31-30-,34-33-,44-27-,49-46-,58-55-. The molecule has 0 saturated carbocycles. The number of esters is 3. The molecule has 0 rings (SSSR count). The lowest BCUT2D eigenvalue weighted by atomic mass is 10.0. The first kappa shape index (κ1) is 75.1. The van der Waals surface area contributed by atoms with Gasteiger partial charge in [-0.2, -0.15) is 0 Å². The molecule has 0 heterocycles. The molecule has 0 aromatic rings. The van der Waals surface area contributed by atoms with Crippen molar-refractivity contribution in [1.29, 1.82) is 0 Å². The summed E-state index contributed by atoms with van der Waals surface area (Å²) in [6, 6.07) is 0. The second kappa shape index (κ2) is 66.6. The first-order chi connectivity index (χ1) is 39.0. The number of hydrogen-bond acceptors (Lipinski definition) is 6. The van der Waals surface area contributed by atoms with Crippen LogP contribution in [-0.4, -0.2) is 37.2 Å². The van der Waals surface area contributed by atoms with Crippen LogP contribution in [0.5, 0.6) is 0 Å². The Morgan fingerprint density at radius 2 is 0.506 bits per heavy atom. The van der Waals surface area contributed by atoms with Gasteiger partial charge in [-0.05, 0) is 122 Å². The summed E-state index contributed by atoms with van der Waals surface area (Å²) in [5.41, 5.74) is 0. The summed E-state index contributed by atoms with van der Waals surface area (Å²) >= 11 is 0. The molecular formula is C73H124O6. The fraction of sp³-hybridized carbons (Fsp3) is 0.712. The van der Waals surface area contributed by atoms with Crippen LogP contribution in [0, 0.1) is 0 Å². The van der Waals surface area contributed by atoms with Crippen molar-refractivity contribution in [3.63, 3.8) is 0 Å². The van der Waals surface area contributed by atoms with Gasteiger partial charge in [0.1, 0.15) is 13.2 Å². The molecule has 452 valence electrons. The van der Waals surface area contributed by atoms with E-state index in [1.54, 1.807) is 0 Å². The fourth-order valence-electron chi connectivity index (χ4n) is 9.25. The van der Waals surface area contributed by atoms with Crippen LogP contribution in [-0.2, 0) is 28.6 Å². The van der Waals surface area contributed by atoms with Crippen LogP contribution in [0.2, 0.25) is 0 Å². The van der Waals surface area contributed by atoms with Gasteiger partial charge in [-0.15, -0.1) is 0 Å². The molecule has 0 aromatic carbocycles. The molecule has 6 heteroatoms. The van der Waals surface area contributed by atoms with Crippen molar-refractivity contribution in [2.75, 3.05) is 13.2 Å². The highest BCUT2D eigenvalue weighted by Crippen LogP contribution is 2.16. The highest BCUT2D eigenvalue weighted by molar-refractivity contribution is 5.71. The molecular weight excluding hydrogens is 973 g/mol. The van der Waals surface area contributed by atoms with Gasteiger partial charge in [0.2, 0.25) is 0 Å². The Morgan fingerprint density at radius 1 is 0.266 bits per heavy atom. The number of allylic oxidation sites excluding steroid dienone is 18. The van der Waals surface area contributed by atoms with E-state index in [2.05, 4.69) is 130 Å².